The summed E-state index contributed by atoms with van der Waals surface area (Å²) in [7, 11) is 0. The maximum absolute atomic E-state index is 14.2. The number of carbonyl (C=O) groups excluding carboxylic acids is 2. The molecule has 2 saturated heterocycles. The molecular formula is C34H36F3N5O2. The maximum atomic E-state index is 14.2. The number of amides is 4. The van der Waals surface area contributed by atoms with Gasteiger partial charge in [-0.1, -0.05) is 42.5 Å². The van der Waals surface area contributed by atoms with Crippen LogP contribution in [0.25, 0.3) is 0 Å². The molecule has 2 heterocycles. The van der Waals surface area contributed by atoms with Gasteiger partial charge in [0.1, 0.15) is 5.82 Å². The average molecular weight is 604 g/mol. The highest BCUT2D eigenvalue weighted by atomic mass is 19.2. The zero-order valence-electron chi connectivity index (χ0n) is 24.7. The van der Waals surface area contributed by atoms with E-state index < -0.39 is 35.6 Å². The third-order valence-electron chi connectivity index (χ3n) is 8.79. The first-order valence-corrected chi connectivity index (χ1v) is 15.1. The van der Waals surface area contributed by atoms with Gasteiger partial charge in [-0.3, -0.25) is 0 Å². The molecule has 3 aromatic carbocycles. The average Bonchev–Trinajstić information content (AvgIpc) is 3.04. The number of halogens is 3. The maximum Gasteiger partial charge on any atom is 0.329 e. The van der Waals surface area contributed by atoms with Crippen molar-refractivity contribution in [3.05, 3.63) is 106 Å². The third kappa shape index (κ3) is 6.89. The minimum atomic E-state index is -1.03. The molecule has 230 valence electrons. The molecular weight excluding hydrogens is 567 g/mol. The molecule has 5 rings (SSSR count). The van der Waals surface area contributed by atoms with Crippen LogP contribution >= 0.6 is 0 Å². The number of imide groups is 1. The zero-order valence-corrected chi connectivity index (χ0v) is 24.7. The largest absolute Gasteiger partial charge is 0.338 e. The van der Waals surface area contributed by atoms with E-state index in [1.165, 1.54) is 18.2 Å². The van der Waals surface area contributed by atoms with E-state index in [1.54, 1.807) is 11.0 Å². The molecule has 2 aliphatic heterocycles. The quantitative estimate of drug-likeness (QED) is 0.285. The van der Waals surface area contributed by atoms with E-state index in [1.807, 2.05) is 37.3 Å². The number of hydrogen-bond donors (Lipinski definition) is 1. The topological polar surface area (TPSA) is 79.7 Å². The number of piperidine rings is 1. The van der Waals surface area contributed by atoms with Crippen LogP contribution in [-0.4, -0.2) is 59.5 Å². The van der Waals surface area contributed by atoms with Crippen molar-refractivity contribution >= 4 is 12.1 Å². The van der Waals surface area contributed by atoms with Gasteiger partial charge in [0, 0.05) is 13.1 Å². The number of hydrogen-bond acceptors (Lipinski definition) is 4. The van der Waals surface area contributed by atoms with Gasteiger partial charge < -0.3 is 15.1 Å². The minimum absolute atomic E-state index is 0.195. The van der Waals surface area contributed by atoms with Gasteiger partial charge in [0.15, 0.2) is 11.6 Å². The molecule has 0 saturated carbocycles. The molecule has 0 aliphatic carbocycles. The van der Waals surface area contributed by atoms with Gasteiger partial charge in [-0.25, -0.2) is 27.7 Å². The lowest BCUT2D eigenvalue weighted by Gasteiger charge is -2.43. The molecule has 4 amide bonds. The first-order valence-electron chi connectivity index (χ1n) is 15.1. The number of likely N-dealkylation sites (tertiary alicyclic amines) is 1. The first-order chi connectivity index (χ1) is 21.3. The first kappa shape index (κ1) is 31.1. The highest BCUT2D eigenvalue weighted by Gasteiger charge is 2.40. The lowest BCUT2D eigenvalue weighted by Crippen LogP contribution is -2.56. The molecule has 7 nitrogen and oxygen atoms in total. The van der Waals surface area contributed by atoms with Crippen molar-refractivity contribution in [3.8, 4) is 6.07 Å². The number of nitriles is 1. The summed E-state index contributed by atoms with van der Waals surface area (Å²) in [6.07, 6.45) is 2.72. The Labute approximate surface area is 255 Å². The minimum Gasteiger partial charge on any atom is -0.338 e. The Morgan fingerprint density at radius 1 is 0.977 bits per heavy atom. The molecule has 10 heteroatoms. The summed E-state index contributed by atoms with van der Waals surface area (Å²) in [5.74, 6) is -2.23. The molecule has 3 aromatic rings. The Kier molecular flexibility index (Phi) is 9.85. The molecule has 0 aromatic heterocycles. The van der Waals surface area contributed by atoms with Gasteiger partial charge in [0.2, 0.25) is 0 Å². The summed E-state index contributed by atoms with van der Waals surface area (Å²) in [4.78, 5) is 32.4. The fraction of sp³-hybridized carbons (Fsp3) is 0.382. The second kappa shape index (κ2) is 14.0. The van der Waals surface area contributed by atoms with Crippen LogP contribution in [0.2, 0.25) is 0 Å². The normalized spacial score (nSPS) is 18.6. The summed E-state index contributed by atoms with van der Waals surface area (Å²) in [6, 6.07) is 17.4. The van der Waals surface area contributed by atoms with Crippen molar-refractivity contribution < 1.29 is 22.8 Å². The third-order valence-corrected chi connectivity index (χ3v) is 8.79. The summed E-state index contributed by atoms with van der Waals surface area (Å²) in [5.41, 5.74) is 2.57. The van der Waals surface area contributed by atoms with Crippen molar-refractivity contribution in [2.45, 2.75) is 50.6 Å². The number of carbonyl (C=O) groups is 2. The highest BCUT2D eigenvalue weighted by Crippen LogP contribution is 2.35. The van der Waals surface area contributed by atoms with Gasteiger partial charge in [0.25, 0.3) is 0 Å². The fourth-order valence-corrected chi connectivity index (χ4v) is 6.32. The predicted molar refractivity (Wildman–Crippen MR) is 160 cm³/mol. The van der Waals surface area contributed by atoms with Crippen LogP contribution in [0, 0.1) is 28.8 Å². The molecule has 0 radical (unpaired) electrons. The summed E-state index contributed by atoms with van der Waals surface area (Å²) in [5, 5.41) is 12.3. The number of rotatable bonds is 8. The van der Waals surface area contributed by atoms with Gasteiger partial charge >= 0.3 is 12.1 Å². The Bertz CT molecular complexity index is 1520. The monoisotopic (exact) mass is 603 g/mol. The second-order valence-electron chi connectivity index (χ2n) is 11.5. The van der Waals surface area contributed by atoms with Gasteiger partial charge in [-0.15, -0.1) is 0 Å². The number of urea groups is 2. The Morgan fingerprint density at radius 2 is 1.73 bits per heavy atom. The lowest BCUT2D eigenvalue weighted by atomic mass is 9.86. The molecule has 2 atom stereocenters. The van der Waals surface area contributed by atoms with Crippen LogP contribution in [0.3, 0.4) is 0 Å². The van der Waals surface area contributed by atoms with E-state index in [-0.39, 0.29) is 12.0 Å². The van der Waals surface area contributed by atoms with Gasteiger partial charge in [-0.2, -0.15) is 5.26 Å². The van der Waals surface area contributed by atoms with E-state index in [2.05, 4.69) is 16.3 Å². The lowest BCUT2D eigenvalue weighted by molar-refractivity contribution is 0.0944. The van der Waals surface area contributed by atoms with E-state index in [4.69, 9.17) is 0 Å². The second-order valence-corrected chi connectivity index (χ2v) is 11.5. The summed E-state index contributed by atoms with van der Waals surface area (Å²) in [6.45, 7) is 4.96. The Morgan fingerprint density at radius 3 is 2.43 bits per heavy atom. The molecule has 0 bridgehead atoms. The van der Waals surface area contributed by atoms with Crippen LogP contribution in [0.1, 0.15) is 72.9 Å². The Hall–Kier alpha value is -4.36. The molecule has 0 spiro atoms. The molecule has 2 unspecified atom stereocenters. The standard InChI is InChI=1S/C34H36F3N5O2/c1-23(24-6-3-2-4-7-24)41-19-14-32(26-8-11-30(36)31(37)21-26)42(34(41)44)33(43)39-15-5-16-40-17-12-25(13-18-40)29-10-9-28(35)20-27(29)22-38/h2-4,6-11,20-21,23,25,32H,5,12-19H2,1H3,(H,39,43). The van der Waals surface area contributed by atoms with Gasteiger partial charge in [0.05, 0.1) is 23.7 Å². The van der Waals surface area contributed by atoms with Crippen molar-refractivity contribution in [1.82, 2.24) is 20.0 Å². The smallest absolute Gasteiger partial charge is 0.329 e. The van der Waals surface area contributed by atoms with E-state index in [9.17, 15) is 28.0 Å². The highest BCUT2D eigenvalue weighted by molar-refractivity contribution is 5.95. The predicted octanol–water partition coefficient (Wildman–Crippen LogP) is 6.88. The zero-order chi connectivity index (χ0) is 31.2. The van der Waals surface area contributed by atoms with Crippen LogP contribution in [0.4, 0.5) is 22.8 Å². The molecule has 2 aliphatic rings. The number of nitrogens with one attached hydrogen (secondary N) is 1. The Balaban J connectivity index is 1.19. The van der Waals surface area contributed by atoms with Crippen molar-refractivity contribution in [3.63, 3.8) is 0 Å². The van der Waals surface area contributed by atoms with Crippen molar-refractivity contribution in [2.24, 2.45) is 0 Å². The van der Waals surface area contributed by atoms with Crippen molar-refractivity contribution in [1.29, 1.82) is 5.26 Å². The SMILES string of the molecule is CC(c1ccccc1)N1CCC(c2ccc(F)c(F)c2)N(C(=O)NCCCN2CCC(c3ccc(F)cc3C#N)CC2)C1=O. The number of nitrogens with zero attached hydrogens (tertiary/aromatic N) is 4. The van der Waals surface area contributed by atoms with Crippen LogP contribution < -0.4 is 5.32 Å². The fourth-order valence-electron chi connectivity index (χ4n) is 6.32. The van der Waals surface area contributed by atoms with Crippen LogP contribution in [-0.2, 0) is 0 Å². The van der Waals surface area contributed by atoms with Crippen molar-refractivity contribution in [2.75, 3.05) is 32.7 Å². The molecule has 1 N–H and O–H groups in total. The summed E-state index contributed by atoms with van der Waals surface area (Å²) < 4.78 is 41.4. The summed E-state index contributed by atoms with van der Waals surface area (Å²) >= 11 is 0. The van der Waals surface area contributed by atoms with E-state index in [0.29, 0.717) is 37.1 Å². The van der Waals surface area contributed by atoms with E-state index in [0.717, 1.165) is 60.6 Å². The van der Waals surface area contributed by atoms with Gasteiger partial charge in [-0.05, 0) is 99.1 Å². The number of benzene rings is 3. The van der Waals surface area contributed by atoms with Crippen LogP contribution in [0.5, 0.6) is 0 Å². The molecule has 2 fully saturated rings. The molecule has 44 heavy (non-hydrogen) atoms. The van der Waals surface area contributed by atoms with E-state index >= 15 is 0 Å². The van der Waals surface area contributed by atoms with Crippen LogP contribution in [0.15, 0.2) is 66.7 Å².